The Bertz CT molecular complexity index is 1180. The minimum atomic E-state index is -3.22. The van der Waals surface area contributed by atoms with E-state index in [2.05, 4.69) is 25.2 Å². The molecule has 0 aliphatic heterocycles. The van der Waals surface area contributed by atoms with Crippen molar-refractivity contribution >= 4 is 50.8 Å². The van der Waals surface area contributed by atoms with Crippen LogP contribution >= 0.6 is 24.0 Å². The summed E-state index contributed by atoms with van der Waals surface area (Å²) in [5.41, 5.74) is 3.19. The van der Waals surface area contributed by atoms with Crippen molar-refractivity contribution in [3.05, 3.63) is 65.2 Å². The molecule has 0 saturated carbocycles. The van der Waals surface area contributed by atoms with Crippen LogP contribution in [0.15, 0.2) is 47.5 Å². The molecule has 0 fully saturated rings. The predicted molar refractivity (Wildman–Crippen MR) is 133 cm³/mol. The summed E-state index contributed by atoms with van der Waals surface area (Å²) in [6, 6.07) is 12.1. The number of benzene rings is 2. The molecule has 1 heterocycles. The summed E-state index contributed by atoms with van der Waals surface area (Å²) in [5.74, 6) is 0.941. The Kier molecular flexibility index (Phi) is 8.80. The van der Waals surface area contributed by atoms with E-state index in [1.807, 2.05) is 31.2 Å². The van der Waals surface area contributed by atoms with Gasteiger partial charge in [-0.05, 0) is 42.3 Å². The van der Waals surface area contributed by atoms with Gasteiger partial charge in [0.05, 0.1) is 16.8 Å². The Balaban J connectivity index is 0.00000341. The van der Waals surface area contributed by atoms with Crippen molar-refractivity contribution in [2.24, 2.45) is 4.99 Å². The molecule has 168 valence electrons. The van der Waals surface area contributed by atoms with Crippen LogP contribution in [-0.2, 0) is 28.7 Å². The van der Waals surface area contributed by atoms with E-state index in [1.54, 1.807) is 7.05 Å². The Morgan fingerprint density at radius 1 is 1.16 bits per heavy atom. The van der Waals surface area contributed by atoms with Gasteiger partial charge in [-0.3, -0.25) is 4.99 Å². The molecule has 0 aliphatic carbocycles. The van der Waals surface area contributed by atoms with Gasteiger partial charge < -0.3 is 15.2 Å². The molecular weight excluding hydrogens is 532 g/mol. The molecule has 0 amide bonds. The second-order valence-corrected chi connectivity index (χ2v) is 9.28. The van der Waals surface area contributed by atoms with Gasteiger partial charge in [-0.2, -0.15) is 0 Å². The number of nitrogens with zero attached hydrogens (tertiary/aromatic N) is 3. The van der Waals surface area contributed by atoms with Crippen molar-refractivity contribution in [3.63, 3.8) is 0 Å². The molecule has 7 nitrogen and oxygen atoms in total. The zero-order valence-corrected chi connectivity index (χ0v) is 20.9. The number of hydrogen-bond donors (Lipinski definition) is 2. The van der Waals surface area contributed by atoms with Gasteiger partial charge in [0.15, 0.2) is 15.8 Å². The van der Waals surface area contributed by atoms with Crippen LogP contribution in [0.2, 0.25) is 0 Å². The van der Waals surface area contributed by atoms with E-state index in [9.17, 15) is 12.8 Å². The van der Waals surface area contributed by atoms with E-state index in [1.165, 1.54) is 18.2 Å². The molecule has 2 aromatic carbocycles. The number of rotatable bonds is 7. The second-order valence-electron chi connectivity index (χ2n) is 7.14. The standard InChI is InChI=1S/C21H26FN5O2S.HI/c1-15-26-19-6-4-5-7-20(19)27(15)11-10-24-21(23-2)25-13-17-12-18(22)9-8-16(17)14-30(3,28)29;/h4-9,12H,10-11,13-14H2,1-3H3,(H2,23,24,25);1H. The summed E-state index contributed by atoms with van der Waals surface area (Å²) in [4.78, 5) is 8.75. The number of hydrogen-bond acceptors (Lipinski definition) is 4. The number of halogens is 2. The molecule has 31 heavy (non-hydrogen) atoms. The normalized spacial score (nSPS) is 11.9. The van der Waals surface area contributed by atoms with Crippen LogP contribution in [0.25, 0.3) is 11.0 Å². The SMILES string of the molecule is CN=C(NCCn1c(C)nc2ccccc21)NCc1cc(F)ccc1CS(C)(=O)=O.I. The minimum Gasteiger partial charge on any atom is -0.355 e. The third-order valence-corrected chi connectivity index (χ3v) is 5.56. The zero-order valence-electron chi connectivity index (χ0n) is 17.7. The number of fused-ring (bicyclic) bond motifs is 1. The third-order valence-electron chi connectivity index (χ3n) is 4.73. The highest BCUT2D eigenvalue weighted by molar-refractivity contribution is 14.0. The summed E-state index contributed by atoms with van der Waals surface area (Å²) in [5, 5.41) is 6.35. The molecule has 10 heteroatoms. The zero-order chi connectivity index (χ0) is 21.7. The molecule has 3 aromatic rings. The first kappa shape index (κ1) is 25.1. The molecule has 0 spiro atoms. The van der Waals surface area contributed by atoms with Crippen LogP contribution in [0, 0.1) is 12.7 Å². The molecule has 0 unspecified atom stereocenters. The van der Waals surface area contributed by atoms with Gasteiger partial charge in [0.25, 0.3) is 0 Å². The minimum absolute atomic E-state index is 0. The van der Waals surface area contributed by atoms with E-state index in [-0.39, 0.29) is 36.3 Å². The maximum absolute atomic E-state index is 13.7. The quantitative estimate of drug-likeness (QED) is 0.264. The second kappa shape index (κ2) is 10.9. The fourth-order valence-corrected chi connectivity index (χ4v) is 4.19. The number of nitrogens with one attached hydrogen (secondary N) is 2. The Morgan fingerprint density at radius 3 is 2.61 bits per heavy atom. The lowest BCUT2D eigenvalue weighted by atomic mass is 10.1. The Hall–Kier alpha value is -2.21. The smallest absolute Gasteiger partial charge is 0.191 e. The molecule has 0 saturated heterocycles. The van der Waals surface area contributed by atoms with E-state index >= 15 is 0 Å². The summed E-state index contributed by atoms with van der Waals surface area (Å²) in [6.45, 7) is 3.54. The van der Waals surface area contributed by atoms with Crippen molar-refractivity contribution < 1.29 is 12.8 Å². The molecule has 0 atom stereocenters. The summed E-state index contributed by atoms with van der Waals surface area (Å²) >= 11 is 0. The highest BCUT2D eigenvalue weighted by Gasteiger charge is 2.11. The average Bonchev–Trinajstić information content (AvgIpc) is 3.00. The van der Waals surface area contributed by atoms with Gasteiger partial charge in [-0.15, -0.1) is 24.0 Å². The maximum Gasteiger partial charge on any atom is 0.191 e. The number of imidazole rings is 1. The molecule has 2 N–H and O–H groups in total. The first-order valence-electron chi connectivity index (χ1n) is 9.58. The van der Waals surface area contributed by atoms with Crippen LogP contribution in [0.5, 0.6) is 0 Å². The lowest BCUT2D eigenvalue weighted by molar-refractivity contribution is 0.599. The van der Waals surface area contributed by atoms with Crippen LogP contribution in [0.4, 0.5) is 4.39 Å². The van der Waals surface area contributed by atoms with E-state index in [4.69, 9.17) is 0 Å². The lowest BCUT2D eigenvalue weighted by Gasteiger charge is -2.15. The van der Waals surface area contributed by atoms with E-state index < -0.39 is 15.7 Å². The largest absolute Gasteiger partial charge is 0.355 e. The monoisotopic (exact) mass is 559 g/mol. The van der Waals surface area contributed by atoms with Crippen molar-refractivity contribution in [1.82, 2.24) is 20.2 Å². The Morgan fingerprint density at radius 2 is 1.90 bits per heavy atom. The van der Waals surface area contributed by atoms with Crippen LogP contribution < -0.4 is 10.6 Å². The van der Waals surface area contributed by atoms with Crippen molar-refractivity contribution in [2.45, 2.75) is 25.8 Å². The number of guanidine groups is 1. The fraction of sp³-hybridized carbons (Fsp3) is 0.333. The van der Waals surface area contributed by atoms with E-state index in [0.29, 0.717) is 30.2 Å². The average molecular weight is 559 g/mol. The number of aryl methyl sites for hydroxylation is 1. The first-order chi connectivity index (χ1) is 14.3. The molecular formula is C21H27FIN5O2S. The molecule has 1 aromatic heterocycles. The van der Waals surface area contributed by atoms with Gasteiger partial charge in [-0.1, -0.05) is 18.2 Å². The third kappa shape index (κ3) is 6.89. The van der Waals surface area contributed by atoms with E-state index in [0.717, 1.165) is 23.1 Å². The van der Waals surface area contributed by atoms with Crippen LogP contribution in [-0.4, -0.2) is 43.8 Å². The highest BCUT2D eigenvalue weighted by atomic mass is 127. The topological polar surface area (TPSA) is 88.4 Å². The van der Waals surface area contributed by atoms with Crippen LogP contribution in [0.1, 0.15) is 17.0 Å². The van der Waals surface area contributed by atoms with Crippen molar-refractivity contribution in [2.75, 3.05) is 19.8 Å². The van der Waals surface area contributed by atoms with Crippen LogP contribution in [0.3, 0.4) is 0 Å². The summed E-state index contributed by atoms with van der Waals surface area (Å²) < 4.78 is 39.1. The summed E-state index contributed by atoms with van der Waals surface area (Å²) in [6.07, 6.45) is 1.16. The van der Waals surface area contributed by atoms with Gasteiger partial charge in [0.2, 0.25) is 0 Å². The van der Waals surface area contributed by atoms with Gasteiger partial charge in [0, 0.05) is 32.9 Å². The lowest BCUT2D eigenvalue weighted by Crippen LogP contribution is -2.38. The molecule has 0 bridgehead atoms. The Labute approximate surface area is 199 Å². The number of sulfone groups is 1. The fourth-order valence-electron chi connectivity index (χ4n) is 3.35. The number of para-hydroxylation sites is 2. The van der Waals surface area contributed by atoms with Crippen molar-refractivity contribution in [1.29, 1.82) is 0 Å². The first-order valence-corrected chi connectivity index (χ1v) is 11.6. The molecule has 0 radical (unpaired) electrons. The number of aromatic nitrogens is 2. The van der Waals surface area contributed by atoms with Gasteiger partial charge in [-0.25, -0.2) is 17.8 Å². The highest BCUT2D eigenvalue weighted by Crippen LogP contribution is 2.15. The van der Waals surface area contributed by atoms with Crippen molar-refractivity contribution in [3.8, 4) is 0 Å². The van der Waals surface area contributed by atoms with Gasteiger partial charge >= 0.3 is 0 Å². The maximum atomic E-state index is 13.7. The predicted octanol–water partition coefficient (Wildman–Crippen LogP) is 3.01. The number of aliphatic imine (C=N–C) groups is 1. The molecule has 3 rings (SSSR count). The molecule has 0 aliphatic rings. The van der Waals surface area contributed by atoms with Gasteiger partial charge in [0.1, 0.15) is 11.6 Å². The summed E-state index contributed by atoms with van der Waals surface area (Å²) in [7, 11) is -1.57.